The van der Waals surface area contributed by atoms with Crippen LogP contribution in [0.4, 0.5) is 0 Å². The second-order valence-corrected chi connectivity index (χ2v) is 11.6. The van der Waals surface area contributed by atoms with Crippen molar-refractivity contribution in [1.82, 2.24) is 14.8 Å². The number of halogens is 2. The Labute approximate surface area is 224 Å². The second-order valence-electron chi connectivity index (χ2n) is 9.61. The molecule has 0 spiro atoms. The zero-order valence-electron chi connectivity index (χ0n) is 20.3. The molecule has 36 heavy (non-hydrogen) atoms. The molecule has 0 bridgehead atoms. The zero-order valence-corrected chi connectivity index (χ0v) is 22.6. The predicted octanol–water partition coefficient (Wildman–Crippen LogP) is 7.16. The molecule has 2 aliphatic rings. The van der Waals surface area contributed by atoms with Gasteiger partial charge in [0.05, 0.1) is 57.2 Å². The van der Waals surface area contributed by atoms with Gasteiger partial charge in [0.2, 0.25) is 0 Å². The van der Waals surface area contributed by atoms with Crippen molar-refractivity contribution in [2.75, 3.05) is 0 Å². The van der Waals surface area contributed by atoms with E-state index in [-0.39, 0.29) is 6.10 Å². The van der Waals surface area contributed by atoms with Crippen LogP contribution in [0.1, 0.15) is 80.1 Å². The monoisotopic (exact) mass is 542 g/mol. The van der Waals surface area contributed by atoms with E-state index in [0.717, 1.165) is 41.6 Å². The lowest BCUT2D eigenvalue weighted by molar-refractivity contribution is -0.0648. The lowest BCUT2D eigenvalue weighted by Gasteiger charge is -2.34. The largest absolute Gasteiger partial charge is 0.383 e. The highest BCUT2D eigenvalue weighted by molar-refractivity contribution is 7.18. The summed E-state index contributed by atoms with van der Waals surface area (Å²) in [4.78, 5) is 4.68. The van der Waals surface area contributed by atoms with E-state index in [2.05, 4.69) is 16.2 Å². The molecule has 0 saturated heterocycles. The van der Waals surface area contributed by atoms with Crippen LogP contribution in [0, 0.1) is 11.3 Å². The molecule has 0 radical (unpaired) electrons. The Morgan fingerprint density at radius 1 is 1.31 bits per heavy atom. The Morgan fingerprint density at radius 2 is 2.06 bits per heavy atom. The van der Waals surface area contributed by atoms with Gasteiger partial charge in [0.15, 0.2) is 0 Å². The number of aliphatic hydroxyl groups is 1. The van der Waals surface area contributed by atoms with Crippen molar-refractivity contribution in [3.8, 4) is 6.07 Å². The van der Waals surface area contributed by atoms with Crippen LogP contribution in [0.5, 0.6) is 0 Å². The number of allylic oxidation sites excluding steroid dienone is 4. The molecule has 2 aliphatic carbocycles. The molecule has 0 amide bonds. The maximum atomic E-state index is 11.4. The molecule has 0 atom stereocenters. The minimum absolute atomic E-state index is 0.0296. The van der Waals surface area contributed by atoms with Crippen LogP contribution < -0.4 is 0 Å². The Morgan fingerprint density at radius 3 is 2.69 bits per heavy atom. The lowest BCUT2D eigenvalue weighted by Crippen LogP contribution is -2.34. The number of nitrogens with zero attached hydrogens (tertiary/aromatic N) is 4. The van der Waals surface area contributed by atoms with Gasteiger partial charge in [0.25, 0.3) is 0 Å². The predicted molar refractivity (Wildman–Crippen MR) is 144 cm³/mol. The van der Waals surface area contributed by atoms with E-state index in [9.17, 15) is 5.11 Å². The fraction of sp³-hybridized carbons (Fsp3) is 0.444. The lowest BCUT2D eigenvalue weighted by atomic mass is 9.83. The van der Waals surface area contributed by atoms with Gasteiger partial charge < -0.3 is 9.84 Å². The number of hydrogen-bond donors (Lipinski definition) is 1. The Balaban J connectivity index is 1.30. The van der Waals surface area contributed by atoms with Crippen LogP contribution >= 0.6 is 34.5 Å². The van der Waals surface area contributed by atoms with Crippen molar-refractivity contribution in [2.24, 2.45) is 0 Å². The molecule has 0 aliphatic heterocycles. The highest BCUT2D eigenvalue weighted by Crippen LogP contribution is 2.44. The van der Waals surface area contributed by atoms with E-state index in [1.54, 1.807) is 6.07 Å². The third kappa shape index (κ3) is 4.98. The molecule has 6 nitrogen and oxygen atoms in total. The van der Waals surface area contributed by atoms with Crippen molar-refractivity contribution >= 4 is 50.5 Å². The first-order valence-corrected chi connectivity index (χ1v) is 13.8. The van der Waals surface area contributed by atoms with Crippen molar-refractivity contribution in [3.05, 3.63) is 62.4 Å². The number of rotatable bonds is 7. The molecule has 1 aromatic carbocycles. The molecular weight excluding hydrogens is 515 g/mol. The maximum Gasteiger partial charge on any atom is 0.126 e. The average Bonchev–Trinajstić information content (AvgIpc) is 3.49. The van der Waals surface area contributed by atoms with Gasteiger partial charge in [-0.1, -0.05) is 29.3 Å². The van der Waals surface area contributed by atoms with Gasteiger partial charge in [-0.15, -0.1) is 11.3 Å². The SMILES string of the molecule is C/C=C(Cl)\C(=C(/C)Cl)n1ncc(C2CC2)c1COC1CCC(O)(c2nc3ccc(C#N)cc3s2)CC1. The third-order valence-electron chi connectivity index (χ3n) is 7.07. The quantitative estimate of drug-likeness (QED) is 0.320. The van der Waals surface area contributed by atoms with Crippen LogP contribution in [-0.2, 0) is 16.9 Å². The smallest absolute Gasteiger partial charge is 0.126 e. The van der Waals surface area contributed by atoms with E-state index in [1.165, 1.54) is 16.9 Å². The third-order valence-corrected chi connectivity index (χ3v) is 8.86. The van der Waals surface area contributed by atoms with Crippen LogP contribution in [0.2, 0.25) is 0 Å². The molecule has 2 fully saturated rings. The van der Waals surface area contributed by atoms with Gasteiger partial charge >= 0.3 is 0 Å². The molecule has 9 heteroatoms. The van der Waals surface area contributed by atoms with Gasteiger partial charge in [0, 0.05) is 5.03 Å². The Hall–Kier alpha value is -2.21. The minimum Gasteiger partial charge on any atom is -0.383 e. The molecule has 3 aromatic rings. The van der Waals surface area contributed by atoms with Gasteiger partial charge in [-0.2, -0.15) is 10.4 Å². The summed E-state index contributed by atoms with van der Waals surface area (Å²) in [6.45, 7) is 4.10. The van der Waals surface area contributed by atoms with Crippen LogP contribution in [-0.4, -0.2) is 26.0 Å². The zero-order chi connectivity index (χ0) is 25.4. The molecule has 1 N–H and O–H groups in total. The molecule has 188 valence electrons. The highest BCUT2D eigenvalue weighted by atomic mass is 35.5. The number of ether oxygens (including phenoxy) is 1. The number of benzene rings is 1. The summed E-state index contributed by atoms with van der Waals surface area (Å²) in [5.41, 5.74) is 3.32. The summed E-state index contributed by atoms with van der Waals surface area (Å²) in [6.07, 6.45) is 8.69. The molecule has 5 rings (SSSR count). The summed E-state index contributed by atoms with van der Waals surface area (Å²) in [6, 6.07) is 7.60. The summed E-state index contributed by atoms with van der Waals surface area (Å²) >= 11 is 14.4. The molecule has 2 heterocycles. The summed E-state index contributed by atoms with van der Waals surface area (Å²) in [5, 5.41) is 27.0. The van der Waals surface area contributed by atoms with Crippen LogP contribution in [0.3, 0.4) is 0 Å². The Kier molecular flexibility index (Phi) is 7.26. The van der Waals surface area contributed by atoms with Gasteiger partial charge in [-0.05, 0) is 82.1 Å². The van der Waals surface area contributed by atoms with Gasteiger partial charge in [-0.3, -0.25) is 0 Å². The number of fused-ring (bicyclic) bond motifs is 1. The van der Waals surface area contributed by atoms with Gasteiger partial charge in [0.1, 0.15) is 10.6 Å². The number of thiazole rings is 1. The number of aromatic nitrogens is 3. The van der Waals surface area contributed by atoms with E-state index in [4.69, 9.17) is 33.2 Å². The molecule has 0 unspecified atom stereocenters. The first-order valence-electron chi connectivity index (χ1n) is 12.2. The van der Waals surface area contributed by atoms with Crippen LogP contribution in [0.25, 0.3) is 15.9 Å². The van der Waals surface area contributed by atoms with Crippen LogP contribution in [0.15, 0.2) is 40.5 Å². The number of nitriles is 1. The summed E-state index contributed by atoms with van der Waals surface area (Å²) in [5.74, 6) is 0.510. The normalized spacial score (nSPS) is 23.6. The first kappa shape index (κ1) is 25.4. The van der Waals surface area contributed by atoms with Crippen molar-refractivity contribution < 1.29 is 9.84 Å². The Bertz CT molecular complexity index is 1380. The minimum atomic E-state index is -0.970. The molecule has 2 aromatic heterocycles. The molecular formula is C27H28Cl2N4O2S. The van der Waals surface area contributed by atoms with Crippen molar-refractivity contribution in [3.63, 3.8) is 0 Å². The summed E-state index contributed by atoms with van der Waals surface area (Å²) < 4.78 is 9.15. The molecule has 2 saturated carbocycles. The topological polar surface area (TPSA) is 84.0 Å². The average molecular weight is 544 g/mol. The van der Waals surface area contributed by atoms with E-state index in [1.807, 2.05) is 42.9 Å². The maximum absolute atomic E-state index is 11.4. The van der Waals surface area contributed by atoms with E-state index in [0.29, 0.717) is 51.7 Å². The van der Waals surface area contributed by atoms with Crippen molar-refractivity contribution in [2.45, 2.75) is 76.6 Å². The highest BCUT2D eigenvalue weighted by Gasteiger charge is 2.38. The standard InChI is InChI=1S/C27H28Cl2N4O2S/c1-3-21(29)25(16(2)28)33-23(20(14-31-33)18-5-6-18)15-35-19-8-10-27(34,11-9-19)26-32-22-7-4-17(13-30)12-24(22)36-26/h3-4,7,12,14,18-19,34H,5-6,8-11,15H2,1-2H3/b21-3+,25-16-. The fourth-order valence-corrected chi connectivity index (χ4v) is 6.45. The van der Waals surface area contributed by atoms with Crippen molar-refractivity contribution in [1.29, 1.82) is 5.26 Å². The summed E-state index contributed by atoms with van der Waals surface area (Å²) in [7, 11) is 0. The first-order chi connectivity index (χ1) is 17.3. The van der Waals surface area contributed by atoms with E-state index < -0.39 is 5.60 Å². The van der Waals surface area contributed by atoms with Gasteiger partial charge in [-0.25, -0.2) is 9.67 Å². The fourth-order valence-electron chi connectivity index (χ4n) is 4.85. The number of hydrogen-bond acceptors (Lipinski definition) is 6. The van der Waals surface area contributed by atoms with E-state index >= 15 is 0 Å². The second kappa shape index (κ2) is 10.3.